The van der Waals surface area contributed by atoms with Crippen LogP contribution in [0.1, 0.15) is 19.4 Å². The van der Waals surface area contributed by atoms with E-state index in [4.69, 9.17) is 21.1 Å². The third kappa shape index (κ3) is 5.67. The van der Waals surface area contributed by atoms with Gasteiger partial charge in [-0.15, -0.1) is 0 Å². The average molecular weight is 302 g/mol. The van der Waals surface area contributed by atoms with E-state index in [0.717, 1.165) is 24.3 Å². The van der Waals surface area contributed by atoms with Gasteiger partial charge in [0.1, 0.15) is 0 Å². The highest BCUT2D eigenvalue weighted by atomic mass is 35.5. The highest BCUT2D eigenvalue weighted by molar-refractivity contribution is 6.30. The molecule has 0 aliphatic heterocycles. The first kappa shape index (κ1) is 17.2. The molecule has 0 spiro atoms. The molecule has 0 saturated heterocycles. The number of aliphatic hydroxyl groups is 1. The Balaban J connectivity index is 2.80. The van der Waals surface area contributed by atoms with Crippen LogP contribution in [-0.2, 0) is 16.1 Å². The van der Waals surface area contributed by atoms with E-state index in [2.05, 4.69) is 4.90 Å². The van der Waals surface area contributed by atoms with Crippen molar-refractivity contribution in [2.24, 2.45) is 0 Å². The molecule has 4 nitrogen and oxygen atoms in total. The Hall–Kier alpha value is -0.810. The third-order valence-corrected chi connectivity index (χ3v) is 3.21. The molecule has 1 rings (SSSR count). The number of nitrogens with zero attached hydrogens (tertiary/aromatic N) is 1. The van der Waals surface area contributed by atoms with E-state index < -0.39 is 0 Å². The monoisotopic (exact) mass is 301 g/mol. The number of benzene rings is 1. The van der Waals surface area contributed by atoms with Crippen LogP contribution in [-0.4, -0.2) is 44.6 Å². The van der Waals surface area contributed by atoms with Gasteiger partial charge in [-0.05, 0) is 26.0 Å². The van der Waals surface area contributed by atoms with Gasteiger partial charge < -0.3 is 19.5 Å². The molecule has 5 heteroatoms. The molecule has 1 aromatic rings. The fourth-order valence-electron chi connectivity index (χ4n) is 1.96. The van der Waals surface area contributed by atoms with Crippen molar-refractivity contribution < 1.29 is 14.6 Å². The van der Waals surface area contributed by atoms with Crippen LogP contribution in [0.25, 0.3) is 0 Å². The largest absolute Gasteiger partial charge is 0.392 e. The van der Waals surface area contributed by atoms with Gasteiger partial charge in [-0.1, -0.05) is 17.7 Å². The van der Waals surface area contributed by atoms with Crippen molar-refractivity contribution in [3.05, 3.63) is 28.8 Å². The van der Waals surface area contributed by atoms with Crippen molar-refractivity contribution in [2.75, 3.05) is 44.4 Å². The van der Waals surface area contributed by atoms with Crippen LogP contribution < -0.4 is 4.90 Å². The molecule has 0 atom stereocenters. The normalized spacial score (nSPS) is 10.8. The molecule has 1 aromatic carbocycles. The van der Waals surface area contributed by atoms with Gasteiger partial charge in [-0.3, -0.25) is 0 Å². The maximum Gasteiger partial charge on any atom is 0.0702 e. The maximum atomic E-state index is 9.47. The molecule has 0 aromatic heterocycles. The molecule has 0 amide bonds. The molecule has 114 valence electrons. The molecule has 0 aliphatic rings. The van der Waals surface area contributed by atoms with Crippen LogP contribution in [0.4, 0.5) is 5.69 Å². The number of hydrogen-bond donors (Lipinski definition) is 1. The average Bonchev–Trinajstić information content (AvgIpc) is 2.46. The van der Waals surface area contributed by atoms with E-state index in [1.807, 2.05) is 26.0 Å². The fourth-order valence-corrected chi connectivity index (χ4v) is 2.12. The Morgan fingerprint density at radius 1 is 1.10 bits per heavy atom. The molecule has 0 fully saturated rings. The molecule has 0 radical (unpaired) electrons. The quantitative estimate of drug-likeness (QED) is 0.675. The summed E-state index contributed by atoms with van der Waals surface area (Å²) in [4.78, 5) is 2.14. The van der Waals surface area contributed by atoms with Crippen LogP contribution in [0.15, 0.2) is 18.2 Å². The van der Waals surface area contributed by atoms with Crippen molar-refractivity contribution in [2.45, 2.75) is 20.5 Å². The zero-order valence-corrected chi connectivity index (χ0v) is 13.0. The van der Waals surface area contributed by atoms with Gasteiger partial charge in [0.15, 0.2) is 0 Å². The van der Waals surface area contributed by atoms with Crippen molar-refractivity contribution >= 4 is 17.3 Å². The summed E-state index contributed by atoms with van der Waals surface area (Å²) < 4.78 is 10.8. The van der Waals surface area contributed by atoms with E-state index in [0.29, 0.717) is 31.5 Å². The molecule has 0 aliphatic carbocycles. The molecule has 20 heavy (non-hydrogen) atoms. The molecule has 0 heterocycles. The van der Waals surface area contributed by atoms with E-state index in [1.165, 1.54) is 0 Å². The molecule has 0 saturated carbocycles. The van der Waals surface area contributed by atoms with Gasteiger partial charge in [-0.25, -0.2) is 0 Å². The summed E-state index contributed by atoms with van der Waals surface area (Å²) in [7, 11) is 0. The molecular formula is C15H24ClNO3. The fraction of sp³-hybridized carbons (Fsp3) is 0.600. The lowest BCUT2D eigenvalue weighted by atomic mass is 10.1. The van der Waals surface area contributed by atoms with E-state index in [-0.39, 0.29) is 6.61 Å². The summed E-state index contributed by atoms with van der Waals surface area (Å²) in [5.74, 6) is 0. The van der Waals surface area contributed by atoms with E-state index in [9.17, 15) is 5.11 Å². The Morgan fingerprint density at radius 2 is 1.70 bits per heavy atom. The van der Waals surface area contributed by atoms with Crippen LogP contribution >= 0.6 is 11.6 Å². The Bertz CT molecular complexity index is 377. The lowest BCUT2D eigenvalue weighted by Crippen LogP contribution is -2.32. The molecule has 1 N–H and O–H groups in total. The highest BCUT2D eigenvalue weighted by Gasteiger charge is 2.11. The minimum Gasteiger partial charge on any atom is -0.392 e. The lowest BCUT2D eigenvalue weighted by molar-refractivity contribution is 0.141. The second kappa shape index (κ2) is 10.00. The topological polar surface area (TPSA) is 41.9 Å². The molecule has 0 bridgehead atoms. The first-order chi connectivity index (χ1) is 9.72. The van der Waals surface area contributed by atoms with Gasteiger partial charge in [-0.2, -0.15) is 0 Å². The summed E-state index contributed by atoms with van der Waals surface area (Å²) in [6, 6.07) is 5.52. The van der Waals surface area contributed by atoms with E-state index >= 15 is 0 Å². The summed E-state index contributed by atoms with van der Waals surface area (Å²) in [5.41, 5.74) is 1.81. The predicted molar refractivity (Wildman–Crippen MR) is 82.6 cm³/mol. The van der Waals surface area contributed by atoms with Crippen molar-refractivity contribution in [3.8, 4) is 0 Å². The minimum atomic E-state index is -0.00767. The Labute approximate surface area is 126 Å². The number of hydrogen-bond acceptors (Lipinski definition) is 4. The zero-order chi connectivity index (χ0) is 14.8. The first-order valence-corrected chi connectivity index (χ1v) is 7.40. The second-order valence-electron chi connectivity index (χ2n) is 4.31. The zero-order valence-electron chi connectivity index (χ0n) is 12.3. The predicted octanol–water partition coefficient (Wildman–Crippen LogP) is 2.71. The number of halogens is 1. The van der Waals surface area contributed by atoms with Crippen LogP contribution in [0.2, 0.25) is 5.02 Å². The SMILES string of the molecule is CCOCCN(CCOCC)c1cc(Cl)ccc1CO. The summed E-state index contributed by atoms with van der Waals surface area (Å²) in [6.45, 7) is 8.10. The summed E-state index contributed by atoms with van der Waals surface area (Å²) in [6.07, 6.45) is 0. The smallest absolute Gasteiger partial charge is 0.0702 e. The summed E-state index contributed by atoms with van der Waals surface area (Å²) >= 11 is 6.07. The second-order valence-corrected chi connectivity index (χ2v) is 4.75. The molecule has 0 unspecified atom stereocenters. The van der Waals surface area contributed by atoms with Gasteiger partial charge in [0.05, 0.1) is 19.8 Å². The number of aliphatic hydroxyl groups excluding tert-OH is 1. The van der Waals surface area contributed by atoms with Crippen LogP contribution in [0.3, 0.4) is 0 Å². The number of anilines is 1. The highest BCUT2D eigenvalue weighted by Crippen LogP contribution is 2.25. The van der Waals surface area contributed by atoms with Gasteiger partial charge >= 0.3 is 0 Å². The van der Waals surface area contributed by atoms with Crippen LogP contribution in [0.5, 0.6) is 0 Å². The summed E-state index contributed by atoms with van der Waals surface area (Å²) in [5, 5.41) is 10.1. The minimum absolute atomic E-state index is 0.00767. The van der Waals surface area contributed by atoms with Crippen LogP contribution in [0, 0.1) is 0 Å². The third-order valence-electron chi connectivity index (χ3n) is 2.98. The number of rotatable bonds is 10. The van der Waals surface area contributed by atoms with Crippen molar-refractivity contribution in [1.29, 1.82) is 0 Å². The Kier molecular flexibility index (Phi) is 8.62. The maximum absolute atomic E-state index is 9.47. The lowest BCUT2D eigenvalue weighted by Gasteiger charge is -2.27. The van der Waals surface area contributed by atoms with Crippen molar-refractivity contribution in [3.63, 3.8) is 0 Å². The number of ether oxygens (including phenoxy) is 2. The van der Waals surface area contributed by atoms with Gasteiger partial charge in [0, 0.05) is 42.6 Å². The Morgan fingerprint density at radius 3 is 2.20 bits per heavy atom. The van der Waals surface area contributed by atoms with Gasteiger partial charge in [0.2, 0.25) is 0 Å². The van der Waals surface area contributed by atoms with E-state index in [1.54, 1.807) is 6.07 Å². The van der Waals surface area contributed by atoms with Crippen molar-refractivity contribution in [1.82, 2.24) is 0 Å². The molecular weight excluding hydrogens is 278 g/mol. The van der Waals surface area contributed by atoms with Gasteiger partial charge in [0.25, 0.3) is 0 Å². The standard InChI is InChI=1S/C15H24ClNO3/c1-3-19-9-7-17(8-10-20-4-2)15-11-14(16)6-5-13(15)12-18/h5-6,11,18H,3-4,7-10,12H2,1-2H3. The first-order valence-electron chi connectivity index (χ1n) is 7.02.